The first-order valence-electron chi connectivity index (χ1n) is 11.0. The first kappa shape index (κ1) is 25.5. The molecule has 0 unspecified atom stereocenters. The summed E-state index contributed by atoms with van der Waals surface area (Å²) in [5.41, 5.74) is 11.0. The van der Waals surface area contributed by atoms with Gasteiger partial charge in [0.15, 0.2) is 0 Å². The molecule has 0 saturated carbocycles. The monoisotopic (exact) mass is 485 g/mol. The van der Waals surface area contributed by atoms with Gasteiger partial charge >= 0.3 is 10.1 Å². The Hall–Kier alpha value is -3.17. The second-order valence-corrected chi connectivity index (χ2v) is 9.89. The van der Waals surface area contributed by atoms with Crippen LogP contribution in [0.3, 0.4) is 0 Å². The molecule has 0 spiro atoms. The molecule has 0 atom stereocenters. The molecule has 9 heteroatoms. The smallest absolute Gasteiger partial charge is 0.341 e. The number of nitrogens with zero attached hydrogens (tertiary/aromatic N) is 2. The van der Waals surface area contributed by atoms with Gasteiger partial charge in [-0.3, -0.25) is 0 Å². The summed E-state index contributed by atoms with van der Waals surface area (Å²) < 4.78 is 37.7. The zero-order valence-electron chi connectivity index (χ0n) is 20.2. The Morgan fingerprint density at radius 1 is 0.971 bits per heavy atom. The van der Waals surface area contributed by atoms with Crippen LogP contribution in [0, 0.1) is 34.6 Å². The van der Waals surface area contributed by atoms with Gasteiger partial charge in [-0.2, -0.15) is 13.4 Å². The van der Waals surface area contributed by atoms with Crippen LogP contribution in [0.5, 0.6) is 11.6 Å². The largest absolute Gasteiger partial charge is 0.493 e. The van der Waals surface area contributed by atoms with E-state index in [4.69, 9.17) is 19.8 Å². The van der Waals surface area contributed by atoms with Crippen LogP contribution in [0.1, 0.15) is 45.5 Å². The van der Waals surface area contributed by atoms with E-state index in [1.165, 1.54) is 0 Å². The number of aliphatic hydroxyl groups excluding tert-OH is 1. The normalized spacial score (nSPS) is 11.5. The molecule has 0 fully saturated rings. The highest BCUT2D eigenvalue weighted by Crippen LogP contribution is 2.30. The Bertz CT molecular complexity index is 1280. The van der Waals surface area contributed by atoms with Crippen molar-refractivity contribution in [2.75, 3.05) is 18.9 Å². The van der Waals surface area contributed by atoms with Crippen molar-refractivity contribution in [1.82, 2.24) is 9.97 Å². The molecule has 0 aliphatic rings. The van der Waals surface area contributed by atoms with E-state index < -0.39 is 10.1 Å². The Balaban J connectivity index is 1.96. The molecule has 3 aromatic rings. The highest BCUT2D eigenvalue weighted by atomic mass is 32.2. The van der Waals surface area contributed by atoms with Gasteiger partial charge in [0.05, 0.1) is 12.3 Å². The summed E-state index contributed by atoms with van der Waals surface area (Å²) in [6.07, 6.45) is 0.906. The Morgan fingerprint density at radius 2 is 1.65 bits per heavy atom. The highest BCUT2D eigenvalue weighted by molar-refractivity contribution is 7.87. The Labute approximate surface area is 200 Å². The number of nitrogen functional groups attached to an aromatic ring is 1. The quantitative estimate of drug-likeness (QED) is 0.347. The minimum Gasteiger partial charge on any atom is -0.493 e. The van der Waals surface area contributed by atoms with Gasteiger partial charge in [-0.1, -0.05) is 23.8 Å². The fraction of sp³-hybridized carbons (Fsp3) is 0.360. The molecule has 3 rings (SSSR count). The number of aliphatic hydroxyl groups is 1. The number of hydrogen-bond donors (Lipinski definition) is 2. The third-order valence-corrected chi connectivity index (χ3v) is 7.01. The van der Waals surface area contributed by atoms with Crippen LogP contribution in [-0.2, 0) is 16.5 Å². The lowest BCUT2D eigenvalue weighted by molar-refractivity contribution is 0.233. The van der Waals surface area contributed by atoms with Crippen LogP contribution in [0.15, 0.2) is 35.2 Å². The van der Waals surface area contributed by atoms with Gasteiger partial charge in [0.1, 0.15) is 10.6 Å². The maximum absolute atomic E-state index is 13.3. The number of nitrogens with two attached hydrogens (primary N) is 1. The average molecular weight is 486 g/mol. The van der Waals surface area contributed by atoms with E-state index in [0.717, 1.165) is 16.7 Å². The molecule has 1 heterocycles. The minimum atomic E-state index is -4.16. The first-order chi connectivity index (χ1) is 16.0. The maximum atomic E-state index is 13.3. The summed E-state index contributed by atoms with van der Waals surface area (Å²) in [5.74, 6) is 0.560. The average Bonchev–Trinajstić information content (AvgIpc) is 2.70. The predicted molar refractivity (Wildman–Crippen MR) is 131 cm³/mol. The number of aryl methyl sites for hydroxylation is 5. The molecule has 0 bridgehead atoms. The molecule has 8 nitrogen and oxygen atoms in total. The lowest BCUT2D eigenvalue weighted by Gasteiger charge is -2.16. The van der Waals surface area contributed by atoms with Crippen LogP contribution in [0.4, 0.5) is 5.95 Å². The minimum absolute atomic E-state index is 0.0619. The third-order valence-electron chi connectivity index (χ3n) is 5.49. The molecular weight excluding hydrogens is 454 g/mol. The van der Waals surface area contributed by atoms with Gasteiger partial charge < -0.3 is 19.8 Å². The summed E-state index contributed by atoms with van der Waals surface area (Å²) in [5, 5.41) is 8.92. The summed E-state index contributed by atoms with van der Waals surface area (Å²) in [7, 11) is -4.16. The SMILES string of the molecule is Cc1cc(C)c(S(=O)(=O)Oc2nc(N)nc(C)c2Cc2ccc(OCCCO)cc2C)c(C)c1. The Morgan fingerprint density at radius 3 is 2.26 bits per heavy atom. The van der Waals surface area contributed by atoms with E-state index >= 15 is 0 Å². The van der Waals surface area contributed by atoms with E-state index in [9.17, 15) is 8.42 Å². The molecule has 3 N–H and O–H groups in total. The first-order valence-corrected chi connectivity index (χ1v) is 12.4. The van der Waals surface area contributed by atoms with Crippen LogP contribution in [0.2, 0.25) is 0 Å². The van der Waals surface area contributed by atoms with Gasteiger partial charge in [-0.05, 0) is 69.0 Å². The van der Waals surface area contributed by atoms with E-state index in [1.807, 2.05) is 32.0 Å². The van der Waals surface area contributed by atoms with Crippen molar-refractivity contribution in [3.8, 4) is 11.6 Å². The number of benzene rings is 2. The number of anilines is 1. The number of aromatic nitrogens is 2. The maximum Gasteiger partial charge on any atom is 0.341 e. The van der Waals surface area contributed by atoms with Crippen LogP contribution in [-0.4, -0.2) is 36.7 Å². The fourth-order valence-electron chi connectivity index (χ4n) is 3.97. The molecule has 2 aromatic carbocycles. The molecular formula is C25H31N3O5S. The van der Waals surface area contributed by atoms with Crippen molar-refractivity contribution in [2.45, 2.75) is 52.4 Å². The second kappa shape index (κ2) is 10.4. The summed E-state index contributed by atoms with van der Waals surface area (Å²) >= 11 is 0. The summed E-state index contributed by atoms with van der Waals surface area (Å²) in [6, 6.07) is 9.25. The molecule has 182 valence electrons. The van der Waals surface area contributed by atoms with E-state index in [1.54, 1.807) is 32.9 Å². The van der Waals surface area contributed by atoms with Crippen molar-refractivity contribution < 1.29 is 22.4 Å². The van der Waals surface area contributed by atoms with Crippen LogP contribution < -0.4 is 14.7 Å². The molecule has 34 heavy (non-hydrogen) atoms. The van der Waals surface area contributed by atoms with Gasteiger partial charge in [0.2, 0.25) is 11.8 Å². The topological polar surface area (TPSA) is 125 Å². The lowest BCUT2D eigenvalue weighted by atomic mass is 10.00. The Kier molecular flexibility index (Phi) is 7.78. The number of hydrogen-bond acceptors (Lipinski definition) is 8. The van der Waals surface area contributed by atoms with Crippen molar-refractivity contribution in [1.29, 1.82) is 0 Å². The molecule has 0 aliphatic heterocycles. The zero-order chi connectivity index (χ0) is 25.0. The highest BCUT2D eigenvalue weighted by Gasteiger charge is 2.26. The third kappa shape index (κ3) is 5.84. The molecule has 0 saturated heterocycles. The standard InChI is InChI=1S/C25H31N3O5S/c1-15-11-17(3)23(18(4)12-15)34(30,31)33-24-22(19(5)27-25(26)28-24)14-20-7-8-21(13-16(20)2)32-10-6-9-29/h7-8,11-13,29H,6,9-10,14H2,1-5H3,(H2,26,27,28). The molecule has 0 aliphatic carbocycles. The fourth-order valence-corrected chi connectivity index (χ4v) is 5.31. The second-order valence-electron chi connectivity index (χ2n) is 8.41. The number of rotatable bonds is 9. The lowest BCUT2D eigenvalue weighted by Crippen LogP contribution is -2.17. The van der Waals surface area contributed by atoms with Crippen molar-refractivity contribution in [2.24, 2.45) is 0 Å². The van der Waals surface area contributed by atoms with Crippen LogP contribution >= 0.6 is 0 Å². The van der Waals surface area contributed by atoms with Gasteiger partial charge in [-0.15, -0.1) is 0 Å². The van der Waals surface area contributed by atoms with Gasteiger partial charge in [0.25, 0.3) is 0 Å². The summed E-state index contributed by atoms with van der Waals surface area (Å²) in [4.78, 5) is 8.48. The zero-order valence-corrected chi connectivity index (χ0v) is 21.0. The van der Waals surface area contributed by atoms with Gasteiger partial charge in [0, 0.05) is 25.0 Å². The van der Waals surface area contributed by atoms with E-state index in [2.05, 4.69) is 9.97 Å². The molecule has 0 radical (unpaired) electrons. The van der Waals surface area contributed by atoms with Crippen molar-refractivity contribution >= 4 is 16.1 Å². The van der Waals surface area contributed by atoms with Crippen LogP contribution in [0.25, 0.3) is 0 Å². The molecule has 0 amide bonds. The van der Waals surface area contributed by atoms with E-state index in [-0.39, 0.29) is 23.3 Å². The predicted octanol–water partition coefficient (Wildman–Crippen LogP) is 3.72. The van der Waals surface area contributed by atoms with Crippen molar-refractivity contribution in [3.05, 3.63) is 69.4 Å². The summed E-state index contributed by atoms with van der Waals surface area (Å²) in [6.45, 7) is 9.58. The number of ether oxygens (including phenoxy) is 1. The molecule has 1 aromatic heterocycles. The van der Waals surface area contributed by atoms with E-state index in [0.29, 0.717) is 47.6 Å². The van der Waals surface area contributed by atoms with Gasteiger partial charge in [-0.25, -0.2) is 4.98 Å². The van der Waals surface area contributed by atoms with Crippen molar-refractivity contribution in [3.63, 3.8) is 0 Å².